The zero-order valence-corrected chi connectivity index (χ0v) is 24.0. The largest absolute Gasteiger partial charge is 0.475 e. The Hall–Kier alpha value is -5.78. The van der Waals surface area contributed by atoms with Crippen LogP contribution in [0.4, 0.5) is 14.5 Å². The minimum absolute atomic E-state index is 0.0220. The van der Waals surface area contributed by atoms with Crippen LogP contribution in [-0.4, -0.2) is 36.6 Å². The van der Waals surface area contributed by atoms with Gasteiger partial charge in [0.2, 0.25) is 5.88 Å². The van der Waals surface area contributed by atoms with E-state index >= 15 is 4.39 Å². The molecule has 45 heavy (non-hydrogen) atoms. The van der Waals surface area contributed by atoms with Crippen LogP contribution in [0.25, 0.3) is 27.7 Å². The summed E-state index contributed by atoms with van der Waals surface area (Å²) in [5, 5.41) is 14.6. The number of halogens is 2. The summed E-state index contributed by atoms with van der Waals surface area (Å²) < 4.78 is 44.0. The first-order chi connectivity index (χ1) is 21.9. The van der Waals surface area contributed by atoms with Crippen molar-refractivity contribution in [3.05, 3.63) is 113 Å². The van der Waals surface area contributed by atoms with Gasteiger partial charge in [0.25, 0.3) is 11.5 Å². The molecule has 0 unspecified atom stereocenters. The Balaban J connectivity index is 1.16. The molecule has 0 bridgehead atoms. The van der Waals surface area contributed by atoms with Crippen molar-refractivity contribution in [3.63, 3.8) is 0 Å². The molecule has 2 N–H and O–H groups in total. The zero-order chi connectivity index (χ0) is 31.1. The molecule has 10 nitrogen and oxygen atoms in total. The molecule has 0 saturated heterocycles. The van der Waals surface area contributed by atoms with Crippen molar-refractivity contribution in [2.45, 2.75) is 32.4 Å². The number of carbonyl (C=O) groups is 1. The smallest absolute Gasteiger partial charge is 0.270 e. The monoisotopic (exact) mass is 608 g/mol. The number of amides is 1. The van der Waals surface area contributed by atoms with Crippen LogP contribution in [0, 0.1) is 11.6 Å². The van der Waals surface area contributed by atoms with Crippen molar-refractivity contribution in [2.75, 3.05) is 5.32 Å². The van der Waals surface area contributed by atoms with E-state index in [9.17, 15) is 14.0 Å². The first-order valence-electron chi connectivity index (χ1n) is 14.3. The summed E-state index contributed by atoms with van der Waals surface area (Å²) in [5.74, 6) is -1.38. The fourth-order valence-electron chi connectivity index (χ4n) is 5.02. The quantitative estimate of drug-likeness (QED) is 0.195. The SMILES string of the molecule is CCn1ncc2cc(Oc3ccc(NC(=O)c4ccc(OC5CC5)n(-c5ccc(F)cc5)c4=O)cc3F)c(-c3cn[nH]c3)cc21. The van der Waals surface area contributed by atoms with Crippen LogP contribution in [-0.2, 0) is 6.54 Å². The number of aromatic amines is 1. The number of pyridine rings is 1. The van der Waals surface area contributed by atoms with E-state index in [0.717, 1.165) is 35.4 Å². The number of hydrogen-bond acceptors (Lipinski definition) is 6. The molecule has 3 heterocycles. The molecule has 1 fully saturated rings. The molecule has 3 aromatic heterocycles. The number of fused-ring (bicyclic) bond motifs is 1. The number of hydrogen-bond donors (Lipinski definition) is 2. The normalized spacial score (nSPS) is 12.8. The molecule has 1 aliphatic rings. The summed E-state index contributed by atoms with van der Waals surface area (Å²) in [7, 11) is 0. The van der Waals surface area contributed by atoms with E-state index in [4.69, 9.17) is 9.47 Å². The van der Waals surface area contributed by atoms with E-state index in [1.165, 1.54) is 53.1 Å². The third-order valence-corrected chi connectivity index (χ3v) is 7.45. The van der Waals surface area contributed by atoms with E-state index in [0.29, 0.717) is 23.5 Å². The zero-order valence-electron chi connectivity index (χ0n) is 24.0. The summed E-state index contributed by atoms with van der Waals surface area (Å²) in [6.45, 7) is 2.67. The lowest BCUT2D eigenvalue weighted by molar-refractivity contribution is 0.102. The summed E-state index contributed by atoms with van der Waals surface area (Å²) in [4.78, 5) is 26.7. The second kappa shape index (κ2) is 11.4. The lowest BCUT2D eigenvalue weighted by Gasteiger charge is -2.15. The molecule has 0 spiro atoms. The Kier molecular flexibility index (Phi) is 7.08. The fourth-order valence-corrected chi connectivity index (χ4v) is 5.02. The maximum atomic E-state index is 15.4. The second-order valence-electron chi connectivity index (χ2n) is 10.6. The van der Waals surface area contributed by atoms with Crippen LogP contribution in [0.2, 0.25) is 0 Å². The lowest BCUT2D eigenvalue weighted by atomic mass is 10.1. The van der Waals surface area contributed by atoms with Gasteiger partial charge in [-0.3, -0.25) is 19.4 Å². The van der Waals surface area contributed by atoms with Crippen molar-refractivity contribution in [2.24, 2.45) is 0 Å². The van der Waals surface area contributed by atoms with Gasteiger partial charge in [-0.15, -0.1) is 0 Å². The van der Waals surface area contributed by atoms with E-state index in [2.05, 4.69) is 20.6 Å². The van der Waals surface area contributed by atoms with Crippen LogP contribution in [0.3, 0.4) is 0 Å². The standard InChI is InChI=1S/C33H26F2N6O4/c1-2-40-28-15-26(20-16-36-37-17-20)30(13-19(28)18-38-40)45-29-11-5-22(14-27(29)35)39-32(42)25-10-12-31(44-24-8-9-24)41(33(25)43)23-6-3-21(34)4-7-23/h3-7,10-18,24H,2,8-9H2,1H3,(H,36,37)(H,39,42). The first-order valence-corrected chi connectivity index (χ1v) is 14.3. The number of rotatable bonds is 9. The van der Waals surface area contributed by atoms with Crippen LogP contribution in [0.15, 0.2) is 90.1 Å². The van der Waals surface area contributed by atoms with E-state index < -0.39 is 23.1 Å². The van der Waals surface area contributed by atoms with Crippen LogP contribution in [0.5, 0.6) is 17.4 Å². The van der Waals surface area contributed by atoms with Crippen molar-refractivity contribution in [3.8, 4) is 34.2 Å². The second-order valence-corrected chi connectivity index (χ2v) is 10.6. The number of carbonyl (C=O) groups excluding carboxylic acids is 1. The van der Waals surface area contributed by atoms with Gasteiger partial charge in [-0.25, -0.2) is 13.3 Å². The minimum atomic E-state index is -0.748. The Morgan fingerprint density at radius 1 is 1.02 bits per heavy atom. The van der Waals surface area contributed by atoms with Gasteiger partial charge < -0.3 is 14.8 Å². The maximum absolute atomic E-state index is 15.4. The Bertz CT molecular complexity index is 2100. The number of benzene rings is 3. The predicted molar refractivity (Wildman–Crippen MR) is 163 cm³/mol. The average molecular weight is 609 g/mol. The van der Waals surface area contributed by atoms with Gasteiger partial charge in [0.1, 0.15) is 23.2 Å². The van der Waals surface area contributed by atoms with Crippen molar-refractivity contribution < 1.29 is 23.0 Å². The van der Waals surface area contributed by atoms with Gasteiger partial charge in [-0.05, 0) is 80.4 Å². The summed E-state index contributed by atoms with van der Waals surface area (Å²) in [6.07, 6.45) is 6.76. The van der Waals surface area contributed by atoms with Crippen molar-refractivity contribution >= 4 is 22.5 Å². The average Bonchev–Trinajstić information content (AvgIpc) is 3.50. The maximum Gasteiger partial charge on any atom is 0.270 e. The van der Waals surface area contributed by atoms with Gasteiger partial charge in [-0.2, -0.15) is 10.2 Å². The summed E-state index contributed by atoms with van der Waals surface area (Å²) in [6, 6.07) is 15.9. The van der Waals surface area contributed by atoms with Gasteiger partial charge in [0, 0.05) is 41.0 Å². The molecule has 7 rings (SSSR count). The van der Waals surface area contributed by atoms with Crippen molar-refractivity contribution in [1.82, 2.24) is 24.5 Å². The Morgan fingerprint density at radius 2 is 1.84 bits per heavy atom. The molecule has 0 atom stereocenters. The van der Waals surface area contributed by atoms with E-state index in [-0.39, 0.29) is 29.0 Å². The third kappa shape index (κ3) is 5.53. The molecule has 1 saturated carbocycles. The highest BCUT2D eigenvalue weighted by Gasteiger charge is 2.26. The predicted octanol–water partition coefficient (Wildman–Crippen LogP) is 6.46. The molecule has 3 aromatic carbocycles. The molecule has 1 aliphatic carbocycles. The van der Waals surface area contributed by atoms with Gasteiger partial charge in [0.15, 0.2) is 11.6 Å². The minimum Gasteiger partial charge on any atom is -0.475 e. The number of ether oxygens (including phenoxy) is 2. The topological polar surface area (TPSA) is 116 Å². The lowest BCUT2D eigenvalue weighted by Crippen LogP contribution is -2.29. The number of aromatic nitrogens is 5. The molecule has 0 aliphatic heterocycles. The third-order valence-electron chi connectivity index (χ3n) is 7.45. The van der Waals surface area contributed by atoms with E-state index in [1.807, 2.05) is 17.7 Å². The fraction of sp³-hybridized carbons (Fsp3) is 0.152. The summed E-state index contributed by atoms with van der Waals surface area (Å²) in [5.41, 5.74) is 1.93. The summed E-state index contributed by atoms with van der Waals surface area (Å²) >= 11 is 0. The molecule has 226 valence electrons. The Morgan fingerprint density at radius 3 is 2.56 bits per heavy atom. The van der Waals surface area contributed by atoms with E-state index in [1.54, 1.807) is 24.7 Å². The molecule has 1 amide bonds. The highest BCUT2D eigenvalue weighted by molar-refractivity contribution is 6.04. The van der Waals surface area contributed by atoms with Crippen LogP contribution < -0.4 is 20.3 Å². The van der Waals surface area contributed by atoms with Gasteiger partial charge in [0.05, 0.1) is 23.6 Å². The highest BCUT2D eigenvalue weighted by Crippen LogP contribution is 2.38. The highest BCUT2D eigenvalue weighted by atomic mass is 19.1. The molecular formula is C33H26F2N6O4. The first kappa shape index (κ1) is 28.0. The van der Waals surface area contributed by atoms with Crippen LogP contribution in [0.1, 0.15) is 30.1 Å². The number of anilines is 1. The molecule has 6 aromatic rings. The number of nitrogens with zero attached hydrogens (tertiary/aromatic N) is 4. The van der Waals surface area contributed by atoms with Gasteiger partial charge in [-0.1, -0.05) is 0 Å². The molecule has 12 heteroatoms. The van der Waals surface area contributed by atoms with Gasteiger partial charge >= 0.3 is 0 Å². The number of nitrogens with one attached hydrogen (secondary N) is 2. The van der Waals surface area contributed by atoms with Crippen molar-refractivity contribution in [1.29, 1.82) is 0 Å². The molecular weight excluding hydrogens is 582 g/mol. The Labute approximate surface area is 254 Å². The number of H-pyrrole nitrogens is 1. The molecule has 0 radical (unpaired) electrons. The number of aryl methyl sites for hydroxylation is 1. The van der Waals surface area contributed by atoms with Crippen LogP contribution >= 0.6 is 0 Å².